The molecule has 9 nitrogen and oxygen atoms in total. The van der Waals surface area contributed by atoms with Gasteiger partial charge in [-0.3, -0.25) is 4.79 Å². The van der Waals surface area contributed by atoms with Gasteiger partial charge in [0.15, 0.2) is 0 Å². The highest BCUT2D eigenvalue weighted by Crippen LogP contribution is 2.47. The van der Waals surface area contributed by atoms with Crippen LogP contribution in [0.5, 0.6) is 5.75 Å². The molecule has 6 atom stereocenters. The van der Waals surface area contributed by atoms with Gasteiger partial charge >= 0.3 is 0 Å². The highest BCUT2D eigenvalue weighted by Gasteiger charge is 2.44. The number of aliphatic hydroxyl groups is 3. The summed E-state index contributed by atoms with van der Waals surface area (Å²) in [5, 5.41) is 32.7. The predicted octanol–water partition coefficient (Wildman–Crippen LogP) is 2.78. The zero-order valence-corrected chi connectivity index (χ0v) is 24.4. The fraction of sp³-hybridized carbons (Fsp3) is 0.567. The number of nitrogens with zero attached hydrogens (tertiary/aromatic N) is 1. The molecule has 0 saturated heterocycles. The lowest BCUT2D eigenvalue weighted by molar-refractivity contribution is -0.0510. The molecule has 4 aliphatic rings. The Bertz CT molecular complexity index is 1440. The number of anilines is 1. The lowest BCUT2D eigenvalue weighted by atomic mass is 9.68. The summed E-state index contributed by atoms with van der Waals surface area (Å²) in [6, 6.07) is 11.0. The number of benzene rings is 2. The van der Waals surface area contributed by atoms with E-state index in [9.17, 15) is 28.5 Å². The molecule has 222 valence electrons. The van der Waals surface area contributed by atoms with E-state index < -0.39 is 40.0 Å². The number of amides is 1. The van der Waals surface area contributed by atoms with Crippen LogP contribution in [0.4, 0.5) is 5.69 Å². The largest absolute Gasteiger partial charge is 0.490 e. The van der Waals surface area contributed by atoms with Gasteiger partial charge in [-0.15, -0.1) is 0 Å². The topological polar surface area (TPSA) is 136 Å². The van der Waals surface area contributed by atoms with Gasteiger partial charge in [0, 0.05) is 35.5 Å². The molecule has 1 amide bonds. The smallest absolute Gasteiger partial charge is 0.264 e. The number of aliphatic hydroxyl groups excluding tert-OH is 3. The van der Waals surface area contributed by atoms with Gasteiger partial charge in [-0.2, -0.15) is 0 Å². The van der Waals surface area contributed by atoms with Crippen molar-refractivity contribution < 1.29 is 33.3 Å². The second-order valence-electron chi connectivity index (χ2n) is 12.3. The van der Waals surface area contributed by atoms with Gasteiger partial charge in [-0.25, -0.2) is 13.1 Å². The van der Waals surface area contributed by atoms with E-state index in [4.69, 9.17) is 16.3 Å². The number of fused-ring (bicyclic) bond motifs is 4. The van der Waals surface area contributed by atoms with Gasteiger partial charge in [0.05, 0.1) is 36.4 Å². The van der Waals surface area contributed by atoms with Crippen molar-refractivity contribution in [3.8, 4) is 5.75 Å². The Kier molecular flexibility index (Phi) is 7.74. The van der Waals surface area contributed by atoms with E-state index in [1.54, 1.807) is 18.2 Å². The minimum Gasteiger partial charge on any atom is -0.490 e. The number of halogens is 1. The van der Waals surface area contributed by atoms with Gasteiger partial charge in [-0.1, -0.05) is 17.7 Å². The highest BCUT2D eigenvalue weighted by atomic mass is 35.5. The summed E-state index contributed by atoms with van der Waals surface area (Å²) in [5.41, 5.74) is 3.00. The molecule has 0 unspecified atom stereocenters. The molecule has 1 spiro atoms. The number of carbonyl (C=O) groups is 1. The lowest BCUT2D eigenvalue weighted by Crippen LogP contribution is -2.50. The van der Waals surface area contributed by atoms with Gasteiger partial charge in [0.25, 0.3) is 5.91 Å². The highest BCUT2D eigenvalue weighted by molar-refractivity contribution is 7.90. The lowest BCUT2D eigenvalue weighted by Gasteiger charge is -2.46. The van der Waals surface area contributed by atoms with Crippen molar-refractivity contribution in [2.45, 2.75) is 68.7 Å². The first-order valence-corrected chi connectivity index (χ1v) is 16.5. The van der Waals surface area contributed by atoms with Crippen LogP contribution in [0.1, 0.15) is 60.0 Å². The summed E-state index contributed by atoms with van der Waals surface area (Å²) in [6.45, 7) is 1.68. The zero-order valence-electron chi connectivity index (χ0n) is 22.8. The Morgan fingerprint density at radius 3 is 2.63 bits per heavy atom. The number of hydrogen-bond acceptors (Lipinski definition) is 8. The van der Waals surface area contributed by atoms with E-state index in [0.29, 0.717) is 30.5 Å². The molecule has 1 saturated carbocycles. The third-order valence-electron chi connectivity index (χ3n) is 9.58. The van der Waals surface area contributed by atoms with E-state index in [0.717, 1.165) is 37.8 Å². The maximum absolute atomic E-state index is 13.1. The summed E-state index contributed by atoms with van der Waals surface area (Å²) in [5.74, 6) is -0.607. The molecule has 11 heteroatoms. The SMILES string of the molecule is O=C1NS(=O)(=O)CC[C@H](O)[C@H](O)C[C@H](O)[C@@H]2CC[C@H]2CN2C[C@@]3(CCCc4cc(Cl)ccc43)COc3ccc1cc32. The molecule has 2 bridgehead atoms. The normalized spacial score (nSPS) is 33.4. The van der Waals surface area contributed by atoms with Gasteiger partial charge in [-0.05, 0) is 91.8 Å². The molecule has 2 aromatic carbocycles. The van der Waals surface area contributed by atoms with Crippen molar-refractivity contribution >= 4 is 33.2 Å². The summed E-state index contributed by atoms with van der Waals surface area (Å²) >= 11 is 6.35. The van der Waals surface area contributed by atoms with E-state index in [1.807, 2.05) is 12.1 Å². The Balaban J connectivity index is 1.41. The van der Waals surface area contributed by atoms with Crippen LogP contribution in [0.3, 0.4) is 0 Å². The van der Waals surface area contributed by atoms with Crippen LogP contribution in [-0.2, 0) is 21.9 Å². The molecule has 2 heterocycles. The first kappa shape index (κ1) is 28.7. The van der Waals surface area contributed by atoms with E-state index >= 15 is 0 Å². The van der Waals surface area contributed by atoms with Crippen molar-refractivity contribution in [3.63, 3.8) is 0 Å². The van der Waals surface area contributed by atoms with Crippen molar-refractivity contribution in [2.75, 3.05) is 30.3 Å². The average Bonchev–Trinajstić information content (AvgIpc) is 3.06. The fourth-order valence-electron chi connectivity index (χ4n) is 7.17. The van der Waals surface area contributed by atoms with E-state index in [-0.39, 0.29) is 35.7 Å². The van der Waals surface area contributed by atoms with Crippen LogP contribution in [0.25, 0.3) is 0 Å². The second-order valence-corrected chi connectivity index (χ2v) is 14.5. The molecule has 1 fully saturated rings. The summed E-state index contributed by atoms with van der Waals surface area (Å²) in [7, 11) is -4.08. The Labute approximate surface area is 245 Å². The fourth-order valence-corrected chi connectivity index (χ4v) is 8.41. The summed E-state index contributed by atoms with van der Waals surface area (Å²) < 4.78 is 33.9. The molecular formula is C30H37ClN2O7S. The van der Waals surface area contributed by atoms with Crippen molar-refractivity contribution in [2.24, 2.45) is 11.8 Å². The maximum atomic E-state index is 13.1. The Hall–Kier alpha value is -2.37. The minimum absolute atomic E-state index is 0.0450. The number of aryl methyl sites for hydroxylation is 1. The van der Waals surface area contributed by atoms with Gasteiger partial charge < -0.3 is 25.0 Å². The molecule has 4 N–H and O–H groups in total. The zero-order chi connectivity index (χ0) is 28.9. The number of carbonyl (C=O) groups excluding carboxylic acids is 1. The quantitative estimate of drug-likeness (QED) is 0.360. The van der Waals surface area contributed by atoms with E-state index in [1.165, 1.54) is 11.1 Å². The summed E-state index contributed by atoms with van der Waals surface area (Å²) in [6.07, 6.45) is 0.801. The average molecular weight is 605 g/mol. The Morgan fingerprint density at radius 1 is 1.02 bits per heavy atom. The second kappa shape index (κ2) is 11.0. The maximum Gasteiger partial charge on any atom is 0.264 e. The monoisotopic (exact) mass is 604 g/mol. The molecule has 2 aliphatic heterocycles. The number of nitrogens with one attached hydrogen (secondary N) is 1. The molecule has 0 radical (unpaired) electrons. The Morgan fingerprint density at radius 2 is 1.85 bits per heavy atom. The molecular weight excluding hydrogens is 568 g/mol. The molecule has 2 aliphatic carbocycles. The third-order valence-corrected chi connectivity index (χ3v) is 11.1. The standard InChI is InChI=1S/C30H37ClN2O7S/c31-21-5-7-23-18(12-21)2-1-10-30(23)16-33-15-20-3-6-22(20)26(35)14-27(36)25(34)9-11-41(38,39)32-29(37)19-4-8-28(40-17-30)24(33)13-19/h4-5,7-8,12-13,20,22,25-27,34-36H,1-3,6,9-11,14-17H2,(H,32,37)/t20-,22+,25-,26-,27+,30-/m0/s1. The molecule has 6 rings (SSSR count). The van der Waals surface area contributed by atoms with Crippen molar-refractivity contribution in [1.29, 1.82) is 0 Å². The number of ether oxygens (including phenoxy) is 1. The predicted molar refractivity (Wildman–Crippen MR) is 155 cm³/mol. The minimum atomic E-state index is -4.08. The van der Waals surface area contributed by atoms with Crippen LogP contribution >= 0.6 is 11.6 Å². The van der Waals surface area contributed by atoms with Gasteiger partial charge in [0.1, 0.15) is 5.75 Å². The van der Waals surface area contributed by atoms with Crippen molar-refractivity contribution in [3.05, 3.63) is 58.1 Å². The van der Waals surface area contributed by atoms with Crippen LogP contribution in [0.15, 0.2) is 36.4 Å². The van der Waals surface area contributed by atoms with Crippen LogP contribution in [0.2, 0.25) is 5.02 Å². The van der Waals surface area contributed by atoms with E-state index in [2.05, 4.69) is 15.7 Å². The van der Waals surface area contributed by atoms with Gasteiger partial charge in [0.2, 0.25) is 10.0 Å². The molecule has 2 aromatic rings. The first-order valence-electron chi connectivity index (χ1n) is 14.4. The molecule has 0 aromatic heterocycles. The summed E-state index contributed by atoms with van der Waals surface area (Å²) in [4.78, 5) is 15.3. The van der Waals surface area contributed by atoms with Crippen LogP contribution < -0.4 is 14.4 Å². The number of rotatable bonds is 0. The number of sulfonamides is 1. The van der Waals surface area contributed by atoms with Crippen LogP contribution in [-0.4, -0.2) is 73.4 Å². The van der Waals surface area contributed by atoms with Crippen LogP contribution in [0, 0.1) is 11.8 Å². The molecule has 41 heavy (non-hydrogen) atoms. The third kappa shape index (κ3) is 5.69. The first-order chi connectivity index (χ1) is 19.5. The number of hydrogen-bond donors (Lipinski definition) is 4. The van der Waals surface area contributed by atoms with Crippen molar-refractivity contribution in [1.82, 2.24) is 4.72 Å².